The van der Waals surface area contributed by atoms with Crippen LogP contribution in [-0.2, 0) is 14.4 Å². The lowest BCUT2D eigenvalue weighted by Gasteiger charge is -2.38. The van der Waals surface area contributed by atoms with E-state index in [4.69, 9.17) is 14.7 Å². The van der Waals surface area contributed by atoms with E-state index in [2.05, 4.69) is 11.2 Å². The maximum atomic E-state index is 11.9. The summed E-state index contributed by atoms with van der Waals surface area (Å²) in [5.41, 5.74) is 1.95. The van der Waals surface area contributed by atoms with Gasteiger partial charge in [-0.05, 0) is 55.1 Å². The monoisotopic (exact) mass is 402 g/mol. The molecule has 0 spiro atoms. The summed E-state index contributed by atoms with van der Waals surface area (Å²) in [5, 5.41) is 23.6. The molecule has 0 heterocycles. The number of hydrogen-bond acceptors (Lipinski definition) is 6. The molecule has 2 bridgehead atoms. The zero-order chi connectivity index (χ0) is 21.0. The molecule has 2 unspecified atom stereocenters. The van der Waals surface area contributed by atoms with Crippen LogP contribution in [0.1, 0.15) is 56.9 Å². The molecule has 2 fully saturated rings. The average molecular weight is 402 g/mol. The van der Waals surface area contributed by atoms with Crippen molar-refractivity contribution in [3.05, 3.63) is 29.8 Å². The van der Waals surface area contributed by atoms with Gasteiger partial charge in [0.25, 0.3) is 0 Å². The highest BCUT2D eigenvalue weighted by molar-refractivity contribution is 5.87. The Balaban J connectivity index is 1.84. The Morgan fingerprint density at radius 3 is 2.76 bits per heavy atom. The number of esters is 1. The number of carbonyl (C=O) groups is 2. The van der Waals surface area contributed by atoms with Crippen LogP contribution >= 0.6 is 0 Å². The largest absolute Gasteiger partial charge is 0.481 e. The molecule has 3 rings (SSSR count). The van der Waals surface area contributed by atoms with Gasteiger partial charge >= 0.3 is 11.9 Å². The van der Waals surface area contributed by atoms with E-state index in [0.29, 0.717) is 5.92 Å². The van der Waals surface area contributed by atoms with Gasteiger partial charge in [0.2, 0.25) is 0 Å². The number of aliphatic carboxylic acids is 1. The topological polar surface area (TPSA) is 105 Å². The highest BCUT2D eigenvalue weighted by Gasteiger charge is 2.48. The van der Waals surface area contributed by atoms with Crippen LogP contribution in [0.2, 0.25) is 0 Å². The van der Waals surface area contributed by atoms with Gasteiger partial charge < -0.3 is 19.8 Å². The van der Waals surface area contributed by atoms with Crippen molar-refractivity contribution in [3.8, 4) is 5.75 Å². The Hall–Kier alpha value is -2.41. The van der Waals surface area contributed by atoms with E-state index in [1.165, 1.54) is 7.11 Å². The standard InChI is InChI=1S/C22H28NO6/c1-3-18(23-28-2)22-16(9-13-10-17(22)19(24)11-13)14-5-4-6-15(12-14)29-21(27)8-7-20(25)26/h4-5,12-13,16-17,19,22,24H,3,7-11H2,1-2H3,(H,25,26)/t13?,16-,17+,19?,22-/m0/s1. The normalized spacial score (nSPS) is 28.8. The van der Waals surface area contributed by atoms with Crippen LogP contribution in [0.25, 0.3) is 0 Å². The van der Waals surface area contributed by atoms with Crippen LogP contribution < -0.4 is 4.74 Å². The fourth-order valence-electron chi connectivity index (χ4n) is 4.97. The minimum absolute atomic E-state index is 0.0617. The van der Waals surface area contributed by atoms with E-state index in [1.54, 1.807) is 12.1 Å². The van der Waals surface area contributed by atoms with Crippen LogP contribution in [0.3, 0.4) is 0 Å². The molecule has 2 aliphatic rings. The second kappa shape index (κ2) is 9.39. The van der Waals surface area contributed by atoms with E-state index in [-0.39, 0.29) is 42.4 Å². The number of rotatable bonds is 8. The van der Waals surface area contributed by atoms with Gasteiger partial charge in [0.1, 0.15) is 12.9 Å². The summed E-state index contributed by atoms with van der Waals surface area (Å²) >= 11 is 0. The minimum atomic E-state index is -1.04. The lowest BCUT2D eigenvalue weighted by molar-refractivity contribution is -0.142. The van der Waals surface area contributed by atoms with E-state index in [1.807, 2.05) is 13.0 Å². The number of aliphatic hydroxyl groups is 1. The highest BCUT2D eigenvalue weighted by Crippen LogP contribution is 2.53. The molecule has 0 saturated heterocycles. The van der Waals surface area contributed by atoms with Gasteiger partial charge in [-0.25, -0.2) is 0 Å². The zero-order valence-electron chi connectivity index (χ0n) is 16.8. The zero-order valence-corrected chi connectivity index (χ0v) is 16.8. The molecule has 1 aromatic carbocycles. The van der Waals surface area contributed by atoms with Gasteiger partial charge in [-0.2, -0.15) is 0 Å². The van der Waals surface area contributed by atoms with Gasteiger partial charge in [0, 0.05) is 12.0 Å². The number of fused-ring (bicyclic) bond motifs is 2. The molecular formula is C22H28NO6. The number of benzene rings is 1. The number of hydrogen-bond donors (Lipinski definition) is 2. The fourth-order valence-corrected chi connectivity index (χ4v) is 4.97. The molecule has 2 saturated carbocycles. The van der Waals surface area contributed by atoms with E-state index in [0.717, 1.165) is 37.0 Å². The van der Waals surface area contributed by atoms with Gasteiger partial charge in [-0.15, -0.1) is 0 Å². The van der Waals surface area contributed by atoms with Crippen molar-refractivity contribution in [2.75, 3.05) is 7.11 Å². The Morgan fingerprint density at radius 2 is 2.07 bits per heavy atom. The summed E-state index contributed by atoms with van der Waals surface area (Å²) < 4.78 is 5.29. The summed E-state index contributed by atoms with van der Waals surface area (Å²) in [6.45, 7) is 2.04. The first kappa shape index (κ1) is 21.3. The average Bonchev–Trinajstić information content (AvgIpc) is 2.99. The van der Waals surface area contributed by atoms with Crippen LogP contribution in [0.4, 0.5) is 0 Å². The maximum absolute atomic E-state index is 11.9. The van der Waals surface area contributed by atoms with Gasteiger partial charge in [-0.3, -0.25) is 9.59 Å². The molecular weight excluding hydrogens is 374 g/mol. The van der Waals surface area contributed by atoms with Crippen LogP contribution in [-0.4, -0.2) is 41.1 Å². The van der Waals surface area contributed by atoms with Crippen LogP contribution in [0.5, 0.6) is 5.75 Å². The summed E-state index contributed by atoms with van der Waals surface area (Å²) in [6.07, 6.45) is 2.66. The SMILES string of the molecule is CCC(=NOC)[C@@H]1[C@@H]2CC(CC2O)C[C@H]1c1cc[c]c(OC(=O)CCC(=O)O)c1. The van der Waals surface area contributed by atoms with Gasteiger partial charge in [0.05, 0.1) is 24.7 Å². The number of nitrogens with zero attached hydrogens (tertiary/aromatic N) is 1. The van der Waals surface area contributed by atoms with Crippen molar-refractivity contribution < 1.29 is 29.4 Å². The Morgan fingerprint density at radius 1 is 1.28 bits per heavy atom. The van der Waals surface area contributed by atoms with Crippen molar-refractivity contribution in [1.29, 1.82) is 0 Å². The molecule has 7 heteroatoms. The third-order valence-electron chi connectivity index (χ3n) is 6.11. The minimum Gasteiger partial charge on any atom is -0.481 e. The number of carbonyl (C=O) groups excluding carboxylic acids is 1. The second-order valence-corrected chi connectivity index (χ2v) is 7.91. The second-order valence-electron chi connectivity index (χ2n) is 7.91. The Labute approximate surface area is 170 Å². The molecule has 0 aliphatic heterocycles. The number of oxime groups is 1. The number of carboxylic acids is 1. The van der Waals surface area contributed by atoms with Gasteiger partial charge in [-0.1, -0.05) is 24.2 Å². The molecule has 29 heavy (non-hydrogen) atoms. The van der Waals surface area contributed by atoms with E-state index < -0.39 is 11.9 Å². The van der Waals surface area contributed by atoms with Crippen molar-refractivity contribution in [2.24, 2.45) is 22.9 Å². The predicted octanol–water partition coefficient (Wildman–Crippen LogP) is 3.16. The molecule has 1 radical (unpaired) electrons. The summed E-state index contributed by atoms with van der Waals surface area (Å²) in [4.78, 5) is 27.6. The summed E-state index contributed by atoms with van der Waals surface area (Å²) in [6, 6.07) is 8.38. The molecule has 7 nitrogen and oxygen atoms in total. The van der Waals surface area contributed by atoms with Crippen molar-refractivity contribution in [3.63, 3.8) is 0 Å². The van der Waals surface area contributed by atoms with Crippen molar-refractivity contribution in [2.45, 2.75) is 57.5 Å². The molecule has 0 amide bonds. The molecule has 1 aromatic rings. The molecule has 0 aromatic heterocycles. The van der Waals surface area contributed by atoms with Gasteiger partial charge in [0.15, 0.2) is 0 Å². The van der Waals surface area contributed by atoms with E-state index in [9.17, 15) is 14.7 Å². The van der Waals surface area contributed by atoms with Crippen molar-refractivity contribution in [1.82, 2.24) is 0 Å². The number of aliphatic hydroxyl groups excluding tert-OH is 1. The third kappa shape index (κ3) is 4.96. The smallest absolute Gasteiger partial charge is 0.311 e. The fraction of sp³-hybridized carbons (Fsp3) is 0.591. The Kier molecular flexibility index (Phi) is 6.90. The summed E-state index contributed by atoms with van der Waals surface area (Å²) in [7, 11) is 1.54. The molecule has 5 atom stereocenters. The lowest BCUT2D eigenvalue weighted by Crippen LogP contribution is -2.36. The first-order valence-electron chi connectivity index (χ1n) is 10.1. The number of ether oxygens (including phenoxy) is 1. The molecule has 157 valence electrons. The summed E-state index contributed by atoms with van der Waals surface area (Å²) in [5.74, 6) is -0.546. The lowest BCUT2D eigenvalue weighted by atomic mass is 9.67. The molecule has 2 aliphatic carbocycles. The van der Waals surface area contributed by atoms with Crippen LogP contribution in [0.15, 0.2) is 23.4 Å². The quantitative estimate of drug-likeness (QED) is 0.299. The molecule has 2 N–H and O–H groups in total. The third-order valence-corrected chi connectivity index (χ3v) is 6.11. The first-order valence-corrected chi connectivity index (χ1v) is 10.1. The van der Waals surface area contributed by atoms with E-state index >= 15 is 0 Å². The number of carboxylic acid groups (broad SMARTS) is 1. The Bertz CT molecular complexity index is 776. The predicted molar refractivity (Wildman–Crippen MR) is 106 cm³/mol. The maximum Gasteiger partial charge on any atom is 0.311 e. The van der Waals surface area contributed by atoms with Crippen LogP contribution in [0, 0.1) is 23.8 Å². The van der Waals surface area contributed by atoms with Crippen molar-refractivity contribution >= 4 is 17.7 Å². The highest BCUT2D eigenvalue weighted by atomic mass is 16.6. The first-order chi connectivity index (χ1) is 13.9.